The average molecular weight is 326 g/mol. The van der Waals surface area contributed by atoms with E-state index in [1.54, 1.807) is 12.3 Å². The van der Waals surface area contributed by atoms with E-state index in [-0.39, 0.29) is 18.1 Å². The Balaban J connectivity index is 2.03. The lowest BCUT2D eigenvalue weighted by atomic mass is 10.1. The number of rotatable bonds is 5. The lowest BCUT2D eigenvalue weighted by Crippen LogP contribution is -2.49. The molecule has 0 aliphatic carbocycles. The highest BCUT2D eigenvalue weighted by molar-refractivity contribution is 6.17. The second-order valence-electron chi connectivity index (χ2n) is 5.64. The summed E-state index contributed by atoms with van der Waals surface area (Å²) in [6.07, 6.45) is 3.16. The maximum atomic E-state index is 12.5. The van der Waals surface area contributed by atoms with E-state index < -0.39 is 18.1 Å². The number of nitrogens with two attached hydrogens (primary N) is 1. The third kappa shape index (κ3) is 2.75. The largest absolute Gasteiger partial charge is 0.391 e. The van der Waals surface area contributed by atoms with E-state index in [4.69, 9.17) is 5.73 Å². The Bertz CT molecular complexity index is 850. The van der Waals surface area contributed by atoms with Crippen LogP contribution in [0.25, 0.3) is 17.0 Å². The van der Waals surface area contributed by atoms with Gasteiger partial charge in [0.05, 0.1) is 18.7 Å². The Morgan fingerprint density at radius 1 is 1.42 bits per heavy atom. The number of fused-ring (bicyclic) bond motifs is 1. The van der Waals surface area contributed by atoms with Crippen molar-refractivity contribution in [3.05, 3.63) is 41.7 Å². The van der Waals surface area contributed by atoms with E-state index in [9.17, 15) is 14.7 Å². The molecule has 24 heavy (non-hydrogen) atoms. The second-order valence-corrected chi connectivity index (χ2v) is 5.64. The number of amidine groups is 1. The van der Waals surface area contributed by atoms with Crippen molar-refractivity contribution in [1.29, 1.82) is 0 Å². The molecule has 4 N–H and O–H groups in total. The quantitative estimate of drug-likeness (QED) is 0.553. The molecule has 0 saturated carbocycles. The second kappa shape index (κ2) is 6.38. The molecule has 1 aliphatic heterocycles. The molecule has 1 aromatic carbocycles. The number of aromatic nitrogens is 1. The molecule has 1 amide bonds. The number of H-pyrrole nitrogens is 1. The number of amides is 1. The molecule has 7 nitrogen and oxygen atoms in total. The highest BCUT2D eigenvalue weighted by atomic mass is 16.3. The molecule has 0 spiro atoms. The molecule has 1 aliphatic rings. The molecule has 2 heterocycles. The molecular formula is C17H18N4O3. The summed E-state index contributed by atoms with van der Waals surface area (Å²) in [6, 6.07) is 6.85. The van der Waals surface area contributed by atoms with E-state index >= 15 is 0 Å². The highest BCUT2D eigenvalue weighted by Crippen LogP contribution is 2.24. The third-order valence-corrected chi connectivity index (χ3v) is 3.96. The number of aldehydes is 1. The van der Waals surface area contributed by atoms with Gasteiger partial charge in [-0.15, -0.1) is 0 Å². The van der Waals surface area contributed by atoms with Crippen LogP contribution in [0.1, 0.15) is 12.5 Å². The zero-order valence-corrected chi connectivity index (χ0v) is 13.1. The number of hydrogen-bond acceptors (Lipinski definition) is 5. The minimum atomic E-state index is -0.891. The summed E-state index contributed by atoms with van der Waals surface area (Å²) in [5.74, 6) is -0.202. The van der Waals surface area contributed by atoms with E-state index in [0.29, 0.717) is 6.29 Å². The Morgan fingerprint density at radius 2 is 2.17 bits per heavy atom. The fourth-order valence-electron chi connectivity index (χ4n) is 2.65. The first kappa shape index (κ1) is 16.1. The summed E-state index contributed by atoms with van der Waals surface area (Å²) in [5.41, 5.74) is 7.86. The van der Waals surface area contributed by atoms with Gasteiger partial charge in [-0.3, -0.25) is 9.69 Å². The minimum Gasteiger partial charge on any atom is -0.391 e. The molecule has 2 atom stereocenters. The van der Waals surface area contributed by atoms with Crippen LogP contribution in [0.2, 0.25) is 0 Å². The molecule has 0 radical (unpaired) electrons. The zero-order valence-electron chi connectivity index (χ0n) is 13.1. The summed E-state index contributed by atoms with van der Waals surface area (Å²) < 4.78 is 0. The van der Waals surface area contributed by atoms with Crippen LogP contribution in [0.5, 0.6) is 0 Å². The number of hydrogen-bond donors (Lipinski definition) is 3. The number of carbonyl (C=O) groups is 2. The summed E-state index contributed by atoms with van der Waals surface area (Å²) in [6.45, 7) is 1.36. The first-order valence-electron chi connectivity index (χ1n) is 7.58. The first-order chi connectivity index (χ1) is 11.5. The van der Waals surface area contributed by atoms with Gasteiger partial charge in [-0.1, -0.05) is 18.2 Å². The van der Waals surface area contributed by atoms with Crippen molar-refractivity contribution in [1.82, 2.24) is 9.88 Å². The van der Waals surface area contributed by atoms with Crippen molar-refractivity contribution in [2.75, 3.05) is 6.54 Å². The summed E-state index contributed by atoms with van der Waals surface area (Å²) in [4.78, 5) is 32.0. The van der Waals surface area contributed by atoms with E-state index in [1.165, 1.54) is 11.8 Å². The Kier molecular flexibility index (Phi) is 4.28. The summed E-state index contributed by atoms with van der Waals surface area (Å²) in [5, 5.41) is 10.6. The number of benzene rings is 1. The highest BCUT2D eigenvalue weighted by Gasteiger charge is 2.34. The molecular weight excluding hydrogens is 308 g/mol. The van der Waals surface area contributed by atoms with Crippen molar-refractivity contribution < 1.29 is 14.7 Å². The van der Waals surface area contributed by atoms with Crippen molar-refractivity contribution in [3.8, 4) is 0 Å². The van der Waals surface area contributed by atoms with Crippen LogP contribution in [-0.4, -0.2) is 51.7 Å². The van der Waals surface area contributed by atoms with Gasteiger partial charge >= 0.3 is 0 Å². The van der Waals surface area contributed by atoms with Gasteiger partial charge in [0.25, 0.3) is 5.91 Å². The number of aliphatic imine (C=N–C) groups is 1. The normalized spacial score (nSPS) is 19.0. The average Bonchev–Trinajstić information content (AvgIpc) is 3.11. The van der Waals surface area contributed by atoms with Gasteiger partial charge in [0.1, 0.15) is 17.8 Å². The lowest BCUT2D eigenvalue weighted by Gasteiger charge is -2.21. The van der Waals surface area contributed by atoms with Gasteiger partial charge in [0.2, 0.25) is 0 Å². The molecule has 1 aromatic heterocycles. The first-order valence-corrected chi connectivity index (χ1v) is 7.58. The predicted molar refractivity (Wildman–Crippen MR) is 91.1 cm³/mol. The maximum Gasteiger partial charge on any atom is 0.278 e. The van der Waals surface area contributed by atoms with Crippen LogP contribution < -0.4 is 5.73 Å². The van der Waals surface area contributed by atoms with Crippen molar-refractivity contribution >= 4 is 35.0 Å². The zero-order chi connectivity index (χ0) is 17.3. The Hall–Kier alpha value is -2.77. The number of aromatic amines is 1. The molecule has 0 fully saturated rings. The van der Waals surface area contributed by atoms with Gasteiger partial charge in [-0.05, 0) is 19.1 Å². The fraction of sp³-hybridized carbons (Fsp3) is 0.235. The van der Waals surface area contributed by atoms with Crippen molar-refractivity contribution in [2.45, 2.75) is 19.1 Å². The number of aliphatic hydroxyl groups excluding tert-OH is 1. The molecule has 2 aromatic rings. The number of nitrogens with zero attached hydrogens (tertiary/aromatic N) is 2. The molecule has 124 valence electrons. The van der Waals surface area contributed by atoms with Crippen LogP contribution in [0.4, 0.5) is 0 Å². The van der Waals surface area contributed by atoms with Gasteiger partial charge in [0.15, 0.2) is 0 Å². The van der Waals surface area contributed by atoms with E-state index in [2.05, 4.69) is 9.98 Å². The van der Waals surface area contributed by atoms with Crippen LogP contribution in [0.3, 0.4) is 0 Å². The SMILES string of the molecule is CC(O)C(N)C1=NC(=Cc2c[nH]c3ccccc23)C(=O)N1CC=O. The van der Waals surface area contributed by atoms with Gasteiger partial charge in [-0.2, -0.15) is 0 Å². The maximum absolute atomic E-state index is 12.5. The fourth-order valence-corrected chi connectivity index (χ4v) is 2.65. The molecule has 7 heteroatoms. The number of para-hydroxylation sites is 1. The standard InChI is InChI=1S/C17H18N4O3/c1-10(23)15(18)16-20-14(17(24)21(16)6-7-22)8-11-9-19-13-5-3-2-4-12(11)13/h2-5,7-10,15,19,23H,6,18H2,1H3. The van der Waals surface area contributed by atoms with Gasteiger partial charge in [-0.25, -0.2) is 4.99 Å². The van der Waals surface area contributed by atoms with Crippen LogP contribution >= 0.6 is 0 Å². The summed E-state index contributed by atoms with van der Waals surface area (Å²) >= 11 is 0. The predicted octanol–water partition coefficient (Wildman–Crippen LogP) is 0.656. The number of nitrogens with one attached hydrogen (secondary N) is 1. The van der Waals surface area contributed by atoms with E-state index in [0.717, 1.165) is 16.5 Å². The van der Waals surface area contributed by atoms with Gasteiger partial charge in [0, 0.05) is 22.7 Å². The number of aliphatic hydroxyl groups is 1. The van der Waals surface area contributed by atoms with Crippen LogP contribution in [0.15, 0.2) is 41.2 Å². The van der Waals surface area contributed by atoms with E-state index in [1.807, 2.05) is 24.3 Å². The topological polar surface area (TPSA) is 112 Å². The van der Waals surface area contributed by atoms with Crippen LogP contribution in [0, 0.1) is 0 Å². The Labute approximate surface area is 138 Å². The molecule has 0 saturated heterocycles. The molecule has 2 unspecified atom stereocenters. The van der Waals surface area contributed by atoms with Crippen molar-refractivity contribution in [3.63, 3.8) is 0 Å². The van der Waals surface area contributed by atoms with Crippen LogP contribution in [-0.2, 0) is 9.59 Å². The monoisotopic (exact) mass is 326 g/mol. The molecule has 3 rings (SSSR count). The smallest absolute Gasteiger partial charge is 0.278 e. The van der Waals surface area contributed by atoms with Crippen molar-refractivity contribution in [2.24, 2.45) is 10.7 Å². The third-order valence-electron chi connectivity index (χ3n) is 3.96. The lowest BCUT2D eigenvalue weighted by molar-refractivity contribution is -0.124. The summed E-state index contributed by atoms with van der Waals surface area (Å²) in [7, 11) is 0. The molecule has 0 bridgehead atoms. The Morgan fingerprint density at radius 3 is 2.88 bits per heavy atom. The minimum absolute atomic E-state index is 0.149. The van der Waals surface area contributed by atoms with Gasteiger partial charge < -0.3 is 20.6 Å². The number of carbonyl (C=O) groups excluding carboxylic acids is 2.